The minimum Gasteiger partial charge on any atom is -0.493 e. The van der Waals surface area contributed by atoms with Crippen molar-refractivity contribution in [2.45, 2.75) is 39.0 Å². The van der Waals surface area contributed by atoms with Gasteiger partial charge in [0, 0.05) is 24.3 Å². The van der Waals surface area contributed by atoms with Crippen LogP contribution in [0.5, 0.6) is 5.75 Å². The molecule has 0 atom stereocenters. The quantitative estimate of drug-likeness (QED) is 0.706. The van der Waals surface area contributed by atoms with Crippen LogP contribution in [-0.4, -0.2) is 36.4 Å². The average molecular weight is 380 g/mol. The molecule has 1 saturated heterocycles. The molecule has 0 unspecified atom stereocenters. The highest BCUT2D eigenvalue weighted by atomic mass is 16.5. The summed E-state index contributed by atoms with van der Waals surface area (Å²) in [6.07, 6.45) is 5.26. The van der Waals surface area contributed by atoms with E-state index >= 15 is 0 Å². The normalized spacial score (nSPS) is 13.8. The Bertz CT molecular complexity index is 813. The van der Waals surface area contributed by atoms with Crippen molar-refractivity contribution in [3.05, 3.63) is 59.7 Å². The van der Waals surface area contributed by atoms with Gasteiger partial charge < -0.3 is 15.0 Å². The van der Waals surface area contributed by atoms with E-state index in [1.54, 1.807) is 36.4 Å². The van der Waals surface area contributed by atoms with Crippen LogP contribution < -0.4 is 10.1 Å². The molecular weight excluding hydrogens is 352 g/mol. The number of nitrogens with one attached hydrogen (secondary N) is 1. The molecule has 0 saturated carbocycles. The molecule has 0 bridgehead atoms. The van der Waals surface area contributed by atoms with Crippen LogP contribution in [0.25, 0.3) is 0 Å². The number of para-hydroxylation sites is 1. The van der Waals surface area contributed by atoms with Crippen molar-refractivity contribution < 1.29 is 14.3 Å². The van der Waals surface area contributed by atoms with Gasteiger partial charge in [-0.25, -0.2) is 0 Å². The predicted octanol–water partition coefficient (Wildman–Crippen LogP) is 4.74. The summed E-state index contributed by atoms with van der Waals surface area (Å²) in [5.41, 5.74) is 1.70. The molecule has 1 aliphatic heterocycles. The molecule has 148 valence electrons. The molecule has 28 heavy (non-hydrogen) atoms. The van der Waals surface area contributed by atoms with Crippen molar-refractivity contribution >= 4 is 17.5 Å². The molecule has 2 aromatic rings. The van der Waals surface area contributed by atoms with Crippen LogP contribution in [0.3, 0.4) is 0 Å². The van der Waals surface area contributed by atoms with Crippen molar-refractivity contribution in [1.29, 1.82) is 0 Å². The van der Waals surface area contributed by atoms with Gasteiger partial charge in [0.25, 0.3) is 11.8 Å². The number of anilines is 1. The van der Waals surface area contributed by atoms with Gasteiger partial charge in [0.15, 0.2) is 0 Å². The second kappa shape index (κ2) is 9.93. The molecule has 2 amide bonds. The van der Waals surface area contributed by atoms with Crippen LogP contribution in [0.2, 0.25) is 0 Å². The predicted molar refractivity (Wildman–Crippen MR) is 111 cm³/mol. The number of rotatable bonds is 7. The molecule has 0 spiro atoms. The summed E-state index contributed by atoms with van der Waals surface area (Å²) >= 11 is 0. The second-order valence-electron chi connectivity index (χ2n) is 7.09. The topological polar surface area (TPSA) is 58.6 Å². The van der Waals surface area contributed by atoms with E-state index in [0.29, 0.717) is 29.2 Å². The zero-order valence-corrected chi connectivity index (χ0v) is 16.4. The largest absolute Gasteiger partial charge is 0.493 e. The summed E-state index contributed by atoms with van der Waals surface area (Å²) < 4.78 is 5.76. The Morgan fingerprint density at radius 1 is 1.04 bits per heavy atom. The number of unbranched alkanes of at least 4 members (excludes halogenated alkanes) is 1. The molecule has 1 heterocycles. The zero-order valence-electron chi connectivity index (χ0n) is 16.4. The standard InChI is InChI=1S/C23H28N2O3/c1-2-3-16-28-21-13-6-5-12-20(21)22(26)24-19-11-9-10-18(17-19)23(27)25-14-7-4-8-15-25/h5-6,9-13,17H,2-4,7-8,14-16H2,1H3,(H,24,26). The molecule has 1 aliphatic rings. The summed E-state index contributed by atoms with van der Waals surface area (Å²) in [4.78, 5) is 27.4. The summed E-state index contributed by atoms with van der Waals surface area (Å²) in [5.74, 6) is 0.364. The number of ether oxygens (including phenoxy) is 1. The molecule has 5 heteroatoms. The smallest absolute Gasteiger partial charge is 0.259 e. The lowest BCUT2D eigenvalue weighted by Gasteiger charge is -2.26. The third-order valence-electron chi connectivity index (χ3n) is 4.90. The highest BCUT2D eigenvalue weighted by Crippen LogP contribution is 2.21. The Morgan fingerprint density at radius 2 is 1.82 bits per heavy atom. The van der Waals surface area contributed by atoms with Gasteiger partial charge in [0.05, 0.1) is 12.2 Å². The maximum absolute atomic E-state index is 12.8. The lowest BCUT2D eigenvalue weighted by molar-refractivity contribution is 0.0724. The van der Waals surface area contributed by atoms with Crippen LogP contribution in [-0.2, 0) is 0 Å². The third kappa shape index (κ3) is 5.12. The number of likely N-dealkylation sites (tertiary alicyclic amines) is 1. The number of piperidine rings is 1. The average Bonchev–Trinajstić information content (AvgIpc) is 2.74. The first-order valence-electron chi connectivity index (χ1n) is 10.1. The molecule has 1 fully saturated rings. The number of amides is 2. The molecule has 0 aromatic heterocycles. The fourth-order valence-corrected chi connectivity index (χ4v) is 3.31. The van der Waals surface area contributed by atoms with E-state index in [4.69, 9.17) is 4.74 Å². The monoisotopic (exact) mass is 380 g/mol. The van der Waals surface area contributed by atoms with Gasteiger partial charge in [-0.1, -0.05) is 31.5 Å². The van der Waals surface area contributed by atoms with E-state index in [1.807, 2.05) is 17.0 Å². The van der Waals surface area contributed by atoms with Gasteiger partial charge in [-0.15, -0.1) is 0 Å². The lowest BCUT2D eigenvalue weighted by atomic mass is 10.1. The van der Waals surface area contributed by atoms with E-state index < -0.39 is 0 Å². The first-order chi connectivity index (χ1) is 13.7. The van der Waals surface area contributed by atoms with E-state index in [1.165, 1.54) is 6.42 Å². The molecular formula is C23H28N2O3. The summed E-state index contributed by atoms with van der Waals surface area (Å²) in [5, 5.41) is 2.90. The van der Waals surface area contributed by atoms with Crippen LogP contribution >= 0.6 is 0 Å². The molecule has 3 rings (SSSR count). The summed E-state index contributed by atoms with van der Waals surface area (Å²) in [6.45, 7) is 4.29. The van der Waals surface area contributed by atoms with Gasteiger partial charge in [-0.05, 0) is 56.0 Å². The first-order valence-corrected chi connectivity index (χ1v) is 10.1. The Morgan fingerprint density at radius 3 is 2.61 bits per heavy atom. The van der Waals surface area contributed by atoms with Crippen LogP contribution in [0.1, 0.15) is 59.7 Å². The number of nitrogens with zero attached hydrogens (tertiary/aromatic N) is 1. The van der Waals surface area contributed by atoms with Gasteiger partial charge >= 0.3 is 0 Å². The molecule has 0 radical (unpaired) electrons. The maximum Gasteiger partial charge on any atom is 0.259 e. The van der Waals surface area contributed by atoms with Crippen LogP contribution in [0.15, 0.2) is 48.5 Å². The second-order valence-corrected chi connectivity index (χ2v) is 7.09. The van der Waals surface area contributed by atoms with Crippen LogP contribution in [0.4, 0.5) is 5.69 Å². The summed E-state index contributed by atoms with van der Waals surface area (Å²) in [7, 11) is 0. The Labute approximate surface area is 166 Å². The van der Waals surface area contributed by atoms with Crippen molar-refractivity contribution in [1.82, 2.24) is 4.90 Å². The van der Waals surface area contributed by atoms with E-state index in [-0.39, 0.29) is 11.8 Å². The van der Waals surface area contributed by atoms with E-state index in [9.17, 15) is 9.59 Å². The minimum absolute atomic E-state index is 0.0269. The number of carbonyl (C=O) groups excluding carboxylic acids is 2. The van der Waals surface area contributed by atoms with E-state index in [2.05, 4.69) is 12.2 Å². The highest BCUT2D eigenvalue weighted by Gasteiger charge is 2.19. The first kappa shape index (κ1) is 19.9. The van der Waals surface area contributed by atoms with Crippen molar-refractivity contribution in [2.24, 2.45) is 0 Å². The van der Waals surface area contributed by atoms with Crippen molar-refractivity contribution in [3.8, 4) is 5.75 Å². The van der Waals surface area contributed by atoms with Crippen molar-refractivity contribution in [3.63, 3.8) is 0 Å². The molecule has 0 aliphatic carbocycles. The third-order valence-corrected chi connectivity index (χ3v) is 4.90. The van der Waals surface area contributed by atoms with Gasteiger partial charge in [-0.2, -0.15) is 0 Å². The lowest BCUT2D eigenvalue weighted by Crippen LogP contribution is -2.35. The SMILES string of the molecule is CCCCOc1ccccc1C(=O)Nc1cccc(C(=O)N2CCCCC2)c1. The Kier molecular flexibility index (Phi) is 7.06. The molecule has 5 nitrogen and oxygen atoms in total. The van der Waals surface area contributed by atoms with Crippen molar-refractivity contribution in [2.75, 3.05) is 25.0 Å². The zero-order chi connectivity index (χ0) is 19.8. The minimum atomic E-state index is -0.241. The summed E-state index contributed by atoms with van der Waals surface area (Å²) in [6, 6.07) is 14.4. The van der Waals surface area contributed by atoms with Crippen LogP contribution in [0, 0.1) is 0 Å². The fraction of sp³-hybridized carbons (Fsp3) is 0.391. The number of hydrogen-bond acceptors (Lipinski definition) is 3. The number of carbonyl (C=O) groups is 2. The number of hydrogen-bond donors (Lipinski definition) is 1. The van der Waals surface area contributed by atoms with E-state index in [0.717, 1.165) is 38.8 Å². The van der Waals surface area contributed by atoms with Gasteiger partial charge in [-0.3, -0.25) is 9.59 Å². The Hall–Kier alpha value is -2.82. The van der Waals surface area contributed by atoms with Gasteiger partial charge in [0.1, 0.15) is 5.75 Å². The maximum atomic E-state index is 12.8. The van der Waals surface area contributed by atoms with Gasteiger partial charge in [0.2, 0.25) is 0 Å². The molecule has 1 N–H and O–H groups in total. The Balaban J connectivity index is 1.70. The fourth-order valence-electron chi connectivity index (χ4n) is 3.31. The number of benzene rings is 2. The molecule has 2 aromatic carbocycles. The highest BCUT2D eigenvalue weighted by molar-refractivity contribution is 6.06.